The predicted octanol–water partition coefficient (Wildman–Crippen LogP) is 3.34. The van der Waals surface area contributed by atoms with E-state index < -0.39 is 0 Å². The summed E-state index contributed by atoms with van der Waals surface area (Å²) < 4.78 is 0. The molecule has 1 fully saturated rings. The maximum Gasteiger partial charge on any atom is 0.0204 e. The number of unbranched alkanes of at least 4 members (excludes halogenated alkanes) is 2. The van der Waals surface area contributed by atoms with Crippen molar-refractivity contribution in [1.82, 2.24) is 5.32 Å². The zero-order valence-corrected chi connectivity index (χ0v) is 9.53. The highest BCUT2D eigenvalue weighted by Crippen LogP contribution is 2.32. The van der Waals surface area contributed by atoms with E-state index in [1.54, 1.807) is 0 Å². The minimum atomic E-state index is 0.495. The highest BCUT2D eigenvalue weighted by atomic mass is 15.0. The Morgan fingerprint density at radius 1 is 1.31 bits per heavy atom. The van der Waals surface area contributed by atoms with Crippen LogP contribution in [-0.2, 0) is 0 Å². The lowest BCUT2D eigenvalue weighted by Gasteiger charge is -2.34. The zero-order valence-electron chi connectivity index (χ0n) is 9.53. The van der Waals surface area contributed by atoms with Crippen LogP contribution in [0.25, 0.3) is 0 Å². The molecular weight excluding hydrogens is 158 g/mol. The van der Waals surface area contributed by atoms with Gasteiger partial charge >= 0.3 is 0 Å². The Bertz CT molecular complexity index is 134. The zero-order chi connectivity index (χ0) is 9.73. The standard InChI is InChI=1S/C12H25N/c1-4-5-6-8-12(11(2)3)9-7-10-13-12/h11,13H,4-10H2,1-3H3. The first kappa shape index (κ1) is 11.0. The van der Waals surface area contributed by atoms with E-state index in [4.69, 9.17) is 0 Å². The molecule has 1 rings (SSSR count). The van der Waals surface area contributed by atoms with E-state index in [0.717, 1.165) is 5.92 Å². The molecule has 1 heterocycles. The molecule has 0 spiro atoms. The van der Waals surface area contributed by atoms with Crippen LogP contribution >= 0.6 is 0 Å². The molecule has 0 aromatic carbocycles. The van der Waals surface area contributed by atoms with Gasteiger partial charge in [0.15, 0.2) is 0 Å². The van der Waals surface area contributed by atoms with Crippen LogP contribution in [0.2, 0.25) is 0 Å². The smallest absolute Gasteiger partial charge is 0.0204 e. The number of hydrogen-bond acceptors (Lipinski definition) is 1. The third-order valence-electron chi connectivity index (χ3n) is 3.61. The summed E-state index contributed by atoms with van der Waals surface area (Å²) in [6, 6.07) is 0. The fraction of sp³-hybridized carbons (Fsp3) is 1.00. The second-order valence-electron chi connectivity index (χ2n) is 4.80. The van der Waals surface area contributed by atoms with Crippen molar-refractivity contribution < 1.29 is 0 Å². The van der Waals surface area contributed by atoms with E-state index in [2.05, 4.69) is 26.1 Å². The van der Waals surface area contributed by atoms with Gasteiger partial charge in [-0.2, -0.15) is 0 Å². The first-order valence-electron chi connectivity index (χ1n) is 5.96. The summed E-state index contributed by atoms with van der Waals surface area (Å²) in [7, 11) is 0. The third kappa shape index (κ3) is 2.70. The molecule has 0 radical (unpaired) electrons. The van der Waals surface area contributed by atoms with Gasteiger partial charge in [-0.15, -0.1) is 0 Å². The molecule has 78 valence electrons. The Morgan fingerprint density at radius 2 is 2.08 bits per heavy atom. The van der Waals surface area contributed by atoms with Crippen molar-refractivity contribution >= 4 is 0 Å². The van der Waals surface area contributed by atoms with Gasteiger partial charge in [0.1, 0.15) is 0 Å². The molecule has 1 atom stereocenters. The summed E-state index contributed by atoms with van der Waals surface area (Å²) in [4.78, 5) is 0. The number of rotatable bonds is 5. The summed E-state index contributed by atoms with van der Waals surface area (Å²) in [6.45, 7) is 8.25. The maximum atomic E-state index is 3.73. The lowest BCUT2D eigenvalue weighted by Crippen LogP contribution is -2.44. The van der Waals surface area contributed by atoms with Gasteiger partial charge < -0.3 is 5.32 Å². The van der Waals surface area contributed by atoms with E-state index >= 15 is 0 Å². The Balaban J connectivity index is 2.38. The van der Waals surface area contributed by atoms with E-state index in [1.165, 1.54) is 45.1 Å². The molecule has 1 heteroatoms. The Morgan fingerprint density at radius 3 is 2.54 bits per heavy atom. The normalized spacial score (nSPS) is 28.6. The molecule has 13 heavy (non-hydrogen) atoms. The fourth-order valence-electron chi connectivity index (χ4n) is 2.51. The van der Waals surface area contributed by atoms with Gasteiger partial charge in [-0.05, 0) is 31.7 Å². The molecule has 1 saturated heterocycles. The maximum absolute atomic E-state index is 3.73. The monoisotopic (exact) mass is 183 g/mol. The third-order valence-corrected chi connectivity index (χ3v) is 3.61. The minimum absolute atomic E-state index is 0.495. The second kappa shape index (κ2) is 4.99. The number of nitrogens with one attached hydrogen (secondary N) is 1. The van der Waals surface area contributed by atoms with Gasteiger partial charge in [-0.3, -0.25) is 0 Å². The van der Waals surface area contributed by atoms with Crippen molar-refractivity contribution in [2.45, 2.75) is 64.8 Å². The molecule has 0 aliphatic carbocycles. The summed E-state index contributed by atoms with van der Waals surface area (Å²) in [6.07, 6.45) is 8.31. The van der Waals surface area contributed by atoms with Crippen LogP contribution < -0.4 is 5.32 Å². The Hall–Kier alpha value is -0.0400. The molecule has 0 bridgehead atoms. The molecule has 1 aliphatic rings. The molecule has 0 saturated carbocycles. The largest absolute Gasteiger partial charge is 0.311 e. The van der Waals surface area contributed by atoms with E-state index in [-0.39, 0.29) is 0 Å². The highest BCUT2D eigenvalue weighted by Gasteiger charge is 2.35. The van der Waals surface area contributed by atoms with Crippen LogP contribution in [0.5, 0.6) is 0 Å². The van der Waals surface area contributed by atoms with Gasteiger partial charge in [0.2, 0.25) is 0 Å². The quantitative estimate of drug-likeness (QED) is 0.645. The van der Waals surface area contributed by atoms with Gasteiger partial charge in [-0.25, -0.2) is 0 Å². The van der Waals surface area contributed by atoms with Gasteiger partial charge in [0.25, 0.3) is 0 Å². The van der Waals surface area contributed by atoms with Crippen molar-refractivity contribution in [1.29, 1.82) is 0 Å². The SMILES string of the molecule is CCCCCC1(C(C)C)CCCN1. The van der Waals surface area contributed by atoms with Crippen LogP contribution in [0.15, 0.2) is 0 Å². The van der Waals surface area contributed by atoms with E-state index in [9.17, 15) is 0 Å². The van der Waals surface area contributed by atoms with E-state index in [1.807, 2.05) is 0 Å². The molecular formula is C12H25N. The fourth-order valence-corrected chi connectivity index (χ4v) is 2.51. The van der Waals surface area contributed by atoms with Crippen molar-refractivity contribution in [3.05, 3.63) is 0 Å². The second-order valence-corrected chi connectivity index (χ2v) is 4.80. The van der Waals surface area contributed by atoms with E-state index in [0.29, 0.717) is 5.54 Å². The van der Waals surface area contributed by atoms with Crippen LogP contribution in [0.3, 0.4) is 0 Å². The van der Waals surface area contributed by atoms with Crippen LogP contribution in [0.4, 0.5) is 0 Å². The van der Waals surface area contributed by atoms with Crippen LogP contribution in [-0.4, -0.2) is 12.1 Å². The molecule has 0 aromatic rings. The average Bonchev–Trinajstić information content (AvgIpc) is 2.55. The molecule has 1 nitrogen and oxygen atoms in total. The summed E-state index contributed by atoms with van der Waals surface area (Å²) in [5.74, 6) is 0.798. The number of hydrogen-bond donors (Lipinski definition) is 1. The van der Waals surface area contributed by atoms with Crippen molar-refractivity contribution in [2.75, 3.05) is 6.54 Å². The van der Waals surface area contributed by atoms with Gasteiger partial charge in [-0.1, -0.05) is 40.0 Å². The first-order valence-corrected chi connectivity index (χ1v) is 5.96. The topological polar surface area (TPSA) is 12.0 Å². The lowest BCUT2D eigenvalue weighted by atomic mass is 9.80. The van der Waals surface area contributed by atoms with Crippen molar-refractivity contribution in [3.8, 4) is 0 Å². The molecule has 1 unspecified atom stereocenters. The average molecular weight is 183 g/mol. The molecule has 1 aliphatic heterocycles. The highest BCUT2D eigenvalue weighted by molar-refractivity contribution is 4.95. The molecule has 0 aromatic heterocycles. The van der Waals surface area contributed by atoms with Crippen molar-refractivity contribution in [2.24, 2.45) is 5.92 Å². The Labute approximate surface area is 83.3 Å². The summed E-state index contributed by atoms with van der Waals surface area (Å²) in [5, 5.41) is 3.73. The van der Waals surface area contributed by atoms with Gasteiger partial charge in [0.05, 0.1) is 0 Å². The Kier molecular flexibility index (Phi) is 4.24. The summed E-state index contributed by atoms with van der Waals surface area (Å²) in [5.41, 5.74) is 0.495. The lowest BCUT2D eigenvalue weighted by molar-refractivity contribution is 0.244. The van der Waals surface area contributed by atoms with Crippen LogP contribution in [0.1, 0.15) is 59.3 Å². The van der Waals surface area contributed by atoms with Crippen LogP contribution in [0, 0.1) is 5.92 Å². The summed E-state index contributed by atoms with van der Waals surface area (Å²) >= 11 is 0. The molecule has 0 amide bonds. The molecule has 1 N–H and O–H groups in total. The van der Waals surface area contributed by atoms with Crippen molar-refractivity contribution in [3.63, 3.8) is 0 Å². The first-order chi connectivity index (χ1) is 6.21. The minimum Gasteiger partial charge on any atom is -0.311 e. The van der Waals surface area contributed by atoms with Gasteiger partial charge in [0, 0.05) is 5.54 Å². The predicted molar refractivity (Wildman–Crippen MR) is 58.9 cm³/mol.